The van der Waals surface area contributed by atoms with Crippen LogP contribution >= 0.6 is 0 Å². The van der Waals surface area contributed by atoms with E-state index in [9.17, 15) is 4.79 Å². The lowest BCUT2D eigenvalue weighted by molar-refractivity contribution is 0.0988. The zero-order chi connectivity index (χ0) is 22.9. The van der Waals surface area contributed by atoms with Crippen LogP contribution in [-0.4, -0.2) is 5.78 Å². The Bertz CT molecular complexity index is 1120. The summed E-state index contributed by atoms with van der Waals surface area (Å²) in [5, 5.41) is 0. The highest BCUT2D eigenvalue weighted by Crippen LogP contribution is 2.30. The number of benzene rings is 4. The zero-order valence-corrected chi connectivity index (χ0v) is 19.0. The number of anilines is 1. The Hall–Kier alpha value is -3.85. The first-order valence-corrected chi connectivity index (χ1v) is 11.4. The fourth-order valence-corrected chi connectivity index (χ4v) is 3.87. The van der Waals surface area contributed by atoms with E-state index in [1.54, 1.807) is 0 Å². The van der Waals surface area contributed by atoms with Gasteiger partial charge in [0.1, 0.15) is 12.4 Å². The first kappa shape index (κ1) is 22.3. The van der Waals surface area contributed by atoms with Crippen LogP contribution in [-0.2, 0) is 19.7 Å². The maximum Gasteiger partial charge on any atom is 0.164 e. The van der Waals surface area contributed by atoms with Crippen LogP contribution in [0.4, 0.5) is 5.69 Å². The van der Waals surface area contributed by atoms with Crippen molar-refractivity contribution in [2.45, 2.75) is 33.0 Å². The molecule has 4 aromatic rings. The highest BCUT2D eigenvalue weighted by molar-refractivity contribution is 6.01. The summed E-state index contributed by atoms with van der Waals surface area (Å²) in [6.07, 6.45) is 0.444. The molecule has 3 heteroatoms. The summed E-state index contributed by atoms with van der Waals surface area (Å²) in [5.74, 6) is 0.819. The van der Waals surface area contributed by atoms with Crippen molar-refractivity contribution in [1.29, 1.82) is 0 Å². The van der Waals surface area contributed by atoms with Crippen molar-refractivity contribution >= 4 is 11.5 Å². The van der Waals surface area contributed by atoms with Crippen LogP contribution in [0.1, 0.15) is 40.4 Å². The van der Waals surface area contributed by atoms with Gasteiger partial charge in [-0.2, -0.15) is 0 Å². The summed E-state index contributed by atoms with van der Waals surface area (Å²) in [7, 11) is 0. The van der Waals surface area contributed by atoms with E-state index in [0.717, 1.165) is 11.3 Å². The van der Waals surface area contributed by atoms with Gasteiger partial charge in [-0.25, -0.2) is 0 Å². The molecule has 166 valence electrons. The summed E-state index contributed by atoms with van der Waals surface area (Å²) in [6, 6.07) is 36.7. The Balaban J connectivity index is 1.65. The van der Waals surface area contributed by atoms with Gasteiger partial charge in [-0.05, 0) is 34.9 Å². The Kier molecular flexibility index (Phi) is 7.55. The molecule has 0 radical (unpaired) electrons. The van der Waals surface area contributed by atoms with Crippen LogP contribution in [0.3, 0.4) is 0 Å². The normalized spacial score (nSPS) is 10.6. The first-order valence-electron chi connectivity index (χ1n) is 11.4. The number of ketones is 1. The molecular weight excluding hydrogens is 406 g/mol. The fraction of sp³-hybridized carbons (Fsp3) is 0.167. The SMILES string of the molecule is CCC(=O)c1cc(OCc2ccccc2)ccc1N(Cc1ccccc1)Cc1ccccc1. The van der Waals surface area contributed by atoms with Crippen molar-refractivity contribution in [1.82, 2.24) is 0 Å². The molecule has 0 aliphatic rings. The lowest BCUT2D eigenvalue weighted by atomic mass is 10.0. The molecule has 4 rings (SSSR count). The van der Waals surface area contributed by atoms with Crippen molar-refractivity contribution in [2.75, 3.05) is 4.90 Å². The van der Waals surface area contributed by atoms with Crippen LogP contribution in [0.5, 0.6) is 5.75 Å². The Morgan fingerprint density at radius 1 is 0.697 bits per heavy atom. The molecule has 0 spiro atoms. The van der Waals surface area contributed by atoms with Crippen molar-refractivity contribution < 1.29 is 9.53 Å². The second kappa shape index (κ2) is 11.1. The van der Waals surface area contributed by atoms with E-state index in [1.165, 1.54) is 11.1 Å². The highest BCUT2D eigenvalue weighted by Gasteiger charge is 2.18. The molecule has 0 saturated heterocycles. The molecule has 0 bridgehead atoms. The van der Waals surface area contributed by atoms with Gasteiger partial charge in [0.15, 0.2) is 5.78 Å². The van der Waals surface area contributed by atoms with Gasteiger partial charge >= 0.3 is 0 Å². The summed E-state index contributed by atoms with van der Waals surface area (Å²) >= 11 is 0. The minimum Gasteiger partial charge on any atom is -0.489 e. The lowest BCUT2D eigenvalue weighted by Gasteiger charge is -2.27. The van der Waals surface area contributed by atoms with Crippen LogP contribution < -0.4 is 9.64 Å². The predicted molar refractivity (Wildman–Crippen MR) is 135 cm³/mol. The Morgan fingerprint density at radius 3 is 1.73 bits per heavy atom. The number of hydrogen-bond acceptors (Lipinski definition) is 3. The molecule has 0 saturated carbocycles. The van der Waals surface area contributed by atoms with E-state index < -0.39 is 0 Å². The summed E-state index contributed by atoms with van der Waals surface area (Å²) in [5.41, 5.74) is 5.14. The molecule has 4 aromatic carbocycles. The summed E-state index contributed by atoms with van der Waals surface area (Å²) < 4.78 is 6.03. The zero-order valence-electron chi connectivity index (χ0n) is 19.0. The van der Waals surface area contributed by atoms with E-state index in [2.05, 4.69) is 53.4 Å². The molecule has 0 atom stereocenters. The predicted octanol–water partition coefficient (Wildman–Crippen LogP) is 7.07. The average molecular weight is 436 g/mol. The molecule has 0 unspecified atom stereocenters. The highest BCUT2D eigenvalue weighted by atomic mass is 16.5. The van der Waals surface area contributed by atoms with Crippen molar-refractivity contribution in [3.63, 3.8) is 0 Å². The largest absolute Gasteiger partial charge is 0.489 e. The van der Waals surface area contributed by atoms with Crippen molar-refractivity contribution in [3.8, 4) is 5.75 Å². The van der Waals surface area contributed by atoms with Gasteiger partial charge in [0, 0.05) is 30.8 Å². The second-order valence-corrected chi connectivity index (χ2v) is 8.06. The number of carbonyl (C=O) groups is 1. The lowest BCUT2D eigenvalue weighted by Crippen LogP contribution is -2.24. The molecule has 0 heterocycles. The molecule has 0 aromatic heterocycles. The molecule has 3 nitrogen and oxygen atoms in total. The van der Waals surface area contributed by atoms with Crippen LogP contribution in [0, 0.1) is 0 Å². The van der Waals surface area contributed by atoms with Gasteiger partial charge in [-0.3, -0.25) is 4.79 Å². The Labute approximate surface area is 196 Å². The van der Waals surface area contributed by atoms with Gasteiger partial charge in [0.25, 0.3) is 0 Å². The van der Waals surface area contributed by atoms with Crippen LogP contribution in [0.25, 0.3) is 0 Å². The number of Topliss-reactive ketones (excluding diaryl/α,β-unsaturated/α-hetero) is 1. The van der Waals surface area contributed by atoms with Gasteiger partial charge in [0.2, 0.25) is 0 Å². The minimum absolute atomic E-state index is 0.112. The summed E-state index contributed by atoms with van der Waals surface area (Å²) in [4.78, 5) is 15.3. The smallest absolute Gasteiger partial charge is 0.164 e. The van der Waals surface area contributed by atoms with Crippen LogP contribution in [0.15, 0.2) is 109 Å². The van der Waals surface area contributed by atoms with Gasteiger partial charge in [-0.15, -0.1) is 0 Å². The maximum atomic E-state index is 13.0. The van der Waals surface area contributed by atoms with E-state index in [1.807, 2.05) is 67.6 Å². The maximum absolute atomic E-state index is 13.0. The van der Waals surface area contributed by atoms with Crippen molar-refractivity contribution in [3.05, 3.63) is 131 Å². The van der Waals surface area contributed by atoms with Gasteiger partial charge in [0.05, 0.1) is 0 Å². The topological polar surface area (TPSA) is 29.5 Å². The fourth-order valence-electron chi connectivity index (χ4n) is 3.87. The minimum atomic E-state index is 0.112. The number of carbonyl (C=O) groups excluding carboxylic acids is 1. The molecule has 0 amide bonds. The number of nitrogens with zero attached hydrogens (tertiary/aromatic N) is 1. The van der Waals surface area contributed by atoms with E-state index >= 15 is 0 Å². The number of hydrogen-bond donors (Lipinski definition) is 0. The van der Waals surface area contributed by atoms with E-state index in [0.29, 0.717) is 37.4 Å². The van der Waals surface area contributed by atoms with Crippen molar-refractivity contribution in [2.24, 2.45) is 0 Å². The second-order valence-electron chi connectivity index (χ2n) is 8.06. The standard InChI is InChI=1S/C30H29NO2/c1-2-30(32)28-20-27(33-23-26-16-10-5-11-17-26)18-19-29(28)31(21-24-12-6-3-7-13-24)22-25-14-8-4-9-15-25/h3-20H,2,21-23H2,1H3. The quantitative estimate of drug-likeness (QED) is 0.250. The average Bonchev–Trinajstić information content (AvgIpc) is 2.88. The first-order chi connectivity index (χ1) is 16.2. The summed E-state index contributed by atoms with van der Waals surface area (Å²) in [6.45, 7) is 3.80. The molecule has 0 aliphatic carbocycles. The third-order valence-electron chi connectivity index (χ3n) is 5.61. The third-order valence-corrected chi connectivity index (χ3v) is 5.61. The van der Waals surface area contributed by atoms with E-state index in [-0.39, 0.29) is 5.78 Å². The Morgan fingerprint density at radius 2 is 1.21 bits per heavy atom. The van der Waals surface area contributed by atoms with Gasteiger partial charge < -0.3 is 9.64 Å². The van der Waals surface area contributed by atoms with Crippen LogP contribution in [0.2, 0.25) is 0 Å². The molecular formula is C30H29NO2. The monoisotopic (exact) mass is 435 g/mol. The van der Waals surface area contributed by atoms with E-state index in [4.69, 9.17) is 4.74 Å². The third kappa shape index (κ3) is 6.11. The molecule has 33 heavy (non-hydrogen) atoms. The number of ether oxygens (including phenoxy) is 1. The molecule has 0 N–H and O–H groups in total. The number of rotatable bonds is 10. The molecule has 0 aliphatic heterocycles. The molecule has 0 fully saturated rings. The van der Waals surface area contributed by atoms with Gasteiger partial charge in [-0.1, -0.05) is 97.9 Å².